The van der Waals surface area contributed by atoms with Gasteiger partial charge in [0, 0.05) is 24.2 Å². The Balaban J connectivity index is 1.36. The van der Waals surface area contributed by atoms with Crippen LogP contribution in [0, 0.1) is 0 Å². The number of H-pyrrole nitrogens is 1. The summed E-state index contributed by atoms with van der Waals surface area (Å²) in [4.78, 5) is 26.3. The third kappa shape index (κ3) is 5.46. The van der Waals surface area contributed by atoms with Gasteiger partial charge >= 0.3 is 0 Å². The van der Waals surface area contributed by atoms with Crippen molar-refractivity contribution in [3.05, 3.63) is 69.8 Å². The van der Waals surface area contributed by atoms with Crippen molar-refractivity contribution in [1.82, 2.24) is 14.5 Å². The van der Waals surface area contributed by atoms with Gasteiger partial charge in [0.25, 0.3) is 5.56 Å². The maximum Gasteiger partial charge on any atom is 0.265 e. The molecule has 1 aliphatic carbocycles. The maximum absolute atomic E-state index is 14.6. The first-order valence-corrected chi connectivity index (χ1v) is 16.4. The van der Waals surface area contributed by atoms with Crippen molar-refractivity contribution < 1.29 is 14.6 Å². The van der Waals surface area contributed by atoms with Gasteiger partial charge in [0.2, 0.25) is 0 Å². The number of pyridine rings is 1. The molecule has 3 aromatic heterocycles. The van der Waals surface area contributed by atoms with Gasteiger partial charge in [0.05, 0.1) is 54.7 Å². The summed E-state index contributed by atoms with van der Waals surface area (Å²) in [6.07, 6.45) is 3.48. The van der Waals surface area contributed by atoms with Gasteiger partial charge in [-0.3, -0.25) is 9.36 Å². The first kappa shape index (κ1) is 28.9. The lowest BCUT2D eigenvalue weighted by atomic mass is 9.92. The fraction of sp³-hybridized carbons (Fsp3) is 0.412. The number of aromatic nitrogens is 3. The molecule has 0 amide bonds. The van der Waals surface area contributed by atoms with Crippen LogP contribution in [0.3, 0.4) is 0 Å². The summed E-state index contributed by atoms with van der Waals surface area (Å²) in [7, 11) is 1.65. The number of hydrogen-bond acceptors (Lipinski definition) is 8. The number of ether oxygens (including phenoxy) is 2. The van der Waals surface area contributed by atoms with Crippen LogP contribution >= 0.6 is 11.3 Å². The third-order valence-corrected chi connectivity index (χ3v) is 9.85. The molecule has 4 heterocycles. The molecule has 5 aromatic rings. The number of rotatable bonds is 7. The van der Waals surface area contributed by atoms with Gasteiger partial charge in [0.15, 0.2) is 0 Å². The Kier molecular flexibility index (Phi) is 7.82. The molecule has 3 N–H and O–H groups in total. The molecular formula is C34H39N5O4S. The highest BCUT2D eigenvalue weighted by atomic mass is 32.1. The SMILES string of the molecule is COc1ccc(Cn2c(=O)c(-c3nc4ccc(N5C[C@@H](C)O[C@@H](C)C5)cc4[nH]3)c(N[C@H]3CCCC[C@H]3O)c3ccsc32)cc1. The van der Waals surface area contributed by atoms with E-state index in [1.54, 1.807) is 18.4 Å². The number of fused-ring (bicyclic) bond motifs is 2. The molecule has 0 bridgehead atoms. The van der Waals surface area contributed by atoms with E-state index in [9.17, 15) is 9.90 Å². The molecule has 0 radical (unpaired) electrons. The number of imidazole rings is 1. The molecule has 2 aliphatic rings. The average Bonchev–Trinajstić information content (AvgIpc) is 3.67. The predicted octanol–water partition coefficient (Wildman–Crippen LogP) is 5.99. The lowest BCUT2D eigenvalue weighted by Gasteiger charge is -2.36. The van der Waals surface area contributed by atoms with E-state index in [2.05, 4.69) is 47.2 Å². The van der Waals surface area contributed by atoms with Gasteiger partial charge in [-0.2, -0.15) is 0 Å². The number of aliphatic hydroxyl groups excluding tert-OH is 1. The highest BCUT2D eigenvalue weighted by Crippen LogP contribution is 2.37. The van der Waals surface area contributed by atoms with Crippen LogP contribution in [0.4, 0.5) is 11.4 Å². The smallest absolute Gasteiger partial charge is 0.265 e. The van der Waals surface area contributed by atoms with E-state index in [0.29, 0.717) is 17.9 Å². The summed E-state index contributed by atoms with van der Waals surface area (Å²) < 4.78 is 13.1. The molecule has 7 rings (SSSR count). The zero-order valence-electron chi connectivity index (χ0n) is 25.4. The highest BCUT2D eigenvalue weighted by Gasteiger charge is 2.28. The van der Waals surface area contributed by atoms with Crippen LogP contribution in [0.15, 0.2) is 58.7 Å². The van der Waals surface area contributed by atoms with E-state index in [1.807, 2.05) is 40.3 Å². The van der Waals surface area contributed by atoms with Crippen LogP contribution < -0.4 is 20.5 Å². The number of benzene rings is 2. The summed E-state index contributed by atoms with van der Waals surface area (Å²) in [5, 5.41) is 17.5. The second kappa shape index (κ2) is 11.9. The molecule has 4 atom stereocenters. The Morgan fingerprint density at radius 2 is 1.86 bits per heavy atom. The minimum atomic E-state index is -0.469. The number of aliphatic hydroxyl groups is 1. The second-order valence-corrected chi connectivity index (χ2v) is 13.1. The molecule has 2 aromatic carbocycles. The van der Waals surface area contributed by atoms with Crippen molar-refractivity contribution >= 4 is 44.0 Å². The monoisotopic (exact) mass is 613 g/mol. The molecular weight excluding hydrogens is 574 g/mol. The van der Waals surface area contributed by atoms with Crippen LogP contribution in [-0.4, -0.2) is 64.2 Å². The molecule has 9 nitrogen and oxygen atoms in total. The Labute approximate surface area is 260 Å². The zero-order chi connectivity index (χ0) is 30.4. The van der Waals surface area contributed by atoms with E-state index in [1.165, 1.54) is 0 Å². The molecule has 44 heavy (non-hydrogen) atoms. The molecule has 1 saturated carbocycles. The van der Waals surface area contributed by atoms with E-state index in [4.69, 9.17) is 14.5 Å². The molecule has 1 saturated heterocycles. The van der Waals surface area contributed by atoms with Crippen molar-refractivity contribution in [2.24, 2.45) is 0 Å². The van der Waals surface area contributed by atoms with Crippen molar-refractivity contribution in [2.75, 3.05) is 30.4 Å². The molecule has 0 unspecified atom stereocenters. The van der Waals surface area contributed by atoms with Crippen molar-refractivity contribution in [2.45, 2.75) is 70.4 Å². The maximum atomic E-state index is 14.6. The van der Waals surface area contributed by atoms with Crippen LogP contribution in [0.5, 0.6) is 5.75 Å². The standard InChI is InChI=1S/C34H39N5O4S/c1-20-17-38(18-21(2)43-20)23-10-13-26-28(16-23)37-32(36-26)30-31(35-27-6-4-5-7-29(27)40)25-14-15-44-34(25)39(33(30)41)19-22-8-11-24(42-3)12-9-22/h8-16,20-21,27,29,35,40H,4-7,17-19H2,1-3H3,(H,36,37)/t20-,21+,27-,29+/m0/s1. The quantitative estimate of drug-likeness (QED) is 0.207. The van der Waals surface area contributed by atoms with E-state index < -0.39 is 6.10 Å². The highest BCUT2D eigenvalue weighted by molar-refractivity contribution is 7.16. The van der Waals surface area contributed by atoms with E-state index in [-0.39, 0.29) is 23.8 Å². The fourth-order valence-electron chi connectivity index (χ4n) is 6.76. The number of methoxy groups -OCH3 is 1. The van der Waals surface area contributed by atoms with Crippen molar-refractivity contribution in [1.29, 1.82) is 0 Å². The van der Waals surface area contributed by atoms with Crippen LogP contribution in [-0.2, 0) is 11.3 Å². The molecule has 1 aliphatic heterocycles. The Morgan fingerprint density at radius 1 is 1.09 bits per heavy atom. The fourth-order valence-corrected chi connectivity index (χ4v) is 7.67. The van der Waals surface area contributed by atoms with Crippen LogP contribution in [0.1, 0.15) is 45.1 Å². The topological polar surface area (TPSA) is 105 Å². The first-order valence-electron chi connectivity index (χ1n) is 15.5. The first-order chi connectivity index (χ1) is 21.4. The van der Waals surface area contributed by atoms with Gasteiger partial charge < -0.3 is 29.8 Å². The Morgan fingerprint density at radius 3 is 2.61 bits per heavy atom. The zero-order valence-corrected chi connectivity index (χ0v) is 26.2. The number of nitrogens with zero attached hydrogens (tertiary/aromatic N) is 3. The molecule has 230 valence electrons. The lowest BCUT2D eigenvalue weighted by molar-refractivity contribution is -0.00521. The molecule has 0 spiro atoms. The summed E-state index contributed by atoms with van der Waals surface area (Å²) in [6, 6.07) is 16.0. The second-order valence-electron chi connectivity index (χ2n) is 12.2. The van der Waals surface area contributed by atoms with Gasteiger partial charge in [0.1, 0.15) is 22.0 Å². The summed E-state index contributed by atoms with van der Waals surface area (Å²) in [6.45, 7) is 6.26. The molecule has 10 heteroatoms. The summed E-state index contributed by atoms with van der Waals surface area (Å²) in [5.74, 6) is 1.30. The van der Waals surface area contributed by atoms with Gasteiger partial charge in [-0.1, -0.05) is 25.0 Å². The van der Waals surface area contributed by atoms with E-state index >= 15 is 0 Å². The normalized spacial score (nSPS) is 22.5. The number of nitrogens with one attached hydrogen (secondary N) is 2. The number of hydrogen-bond donors (Lipinski definition) is 3. The van der Waals surface area contributed by atoms with Gasteiger partial charge in [-0.15, -0.1) is 11.3 Å². The minimum Gasteiger partial charge on any atom is -0.497 e. The Hall–Kier alpha value is -3.86. The third-order valence-electron chi connectivity index (χ3n) is 8.91. The van der Waals surface area contributed by atoms with Crippen molar-refractivity contribution in [3.63, 3.8) is 0 Å². The summed E-state index contributed by atoms with van der Waals surface area (Å²) in [5.41, 5.74) is 4.88. The van der Waals surface area contributed by atoms with Gasteiger partial charge in [-0.05, 0) is 74.0 Å². The number of thiophene rings is 1. The minimum absolute atomic E-state index is 0.126. The van der Waals surface area contributed by atoms with Crippen LogP contribution in [0.25, 0.3) is 32.6 Å². The summed E-state index contributed by atoms with van der Waals surface area (Å²) >= 11 is 1.55. The number of morpholine rings is 1. The van der Waals surface area contributed by atoms with Crippen LogP contribution in [0.2, 0.25) is 0 Å². The average molecular weight is 614 g/mol. The predicted molar refractivity (Wildman–Crippen MR) is 177 cm³/mol. The van der Waals surface area contributed by atoms with Gasteiger partial charge in [-0.25, -0.2) is 4.98 Å². The number of anilines is 2. The van der Waals surface area contributed by atoms with E-state index in [0.717, 1.165) is 82.7 Å². The number of aromatic amines is 1. The Bertz CT molecular complexity index is 1830. The van der Waals surface area contributed by atoms with Crippen molar-refractivity contribution in [3.8, 4) is 17.1 Å². The lowest BCUT2D eigenvalue weighted by Crippen LogP contribution is -2.45. The largest absolute Gasteiger partial charge is 0.497 e. The molecule has 2 fully saturated rings.